The highest BCUT2D eigenvalue weighted by Gasteiger charge is 2.28. The normalized spacial score (nSPS) is 12.0. The van der Waals surface area contributed by atoms with Crippen LogP contribution in [0.2, 0.25) is 0 Å². The van der Waals surface area contributed by atoms with Crippen molar-refractivity contribution >= 4 is 23.5 Å². The molecule has 2 amide bonds. The minimum absolute atomic E-state index is 0.0351. The number of carbonyl (C=O) groups is 3. The summed E-state index contributed by atoms with van der Waals surface area (Å²) in [5.74, 6) is -1.38. The maximum atomic E-state index is 12.9. The van der Waals surface area contributed by atoms with Gasteiger partial charge in [-0.1, -0.05) is 0 Å². The number of nitrogens with two attached hydrogens (primary N) is 1. The number of anilines is 1. The first-order chi connectivity index (χ1) is 20.1. The van der Waals surface area contributed by atoms with E-state index >= 15 is 0 Å². The Balaban J connectivity index is 2.41. The summed E-state index contributed by atoms with van der Waals surface area (Å²) in [5.41, 5.74) is 5.81. The molecular weight excluding hydrogens is 548 g/mol. The van der Waals surface area contributed by atoms with Crippen molar-refractivity contribution in [1.29, 1.82) is 0 Å². The molecule has 1 atom stereocenters. The Bertz CT molecular complexity index is 894. The maximum absolute atomic E-state index is 12.9. The van der Waals surface area contributed by atoms with Crippen LogP contribution in [-0.2, 0) is 38.1 Å². The van der Waals surface area contributed by atoms with E-state index in [2.05, 4.69) is 10.6 Å². The predicted octanol–water partition coefficient (Wildman–Crippen LogP) is 1.75. The Labute approximate surface area is 249 Å². The van der Waals surface area contributed by atoms with Crippen LogP contribution in [0, 0.1) is 0 Å². The zero-order valence-electron chi connectivity index (χ0n) is 25.8. The second-order valence-electron chi connectivity index (χ2n) is 10.1. The summed E-state index contributed by atoms with van der Waals surface area (Å²) in [6, 6.07) is 5.80. The van der Waals surface area contributed by atoms with Gasteiger partial charge in [0.25, 0.3) is 5.91 Å². The Hall–Kier alpha value is -2.81. The van der Waals surface area contributed by atoms with E-state index in [4.69, 9.17) is 34.3 Å². The van der Waals surface area contributed by atoms with Crippen LogP contribution < -0.4 is 16.4 Å². The van der Waals surface area contributed by atoms with Crippen molar-refractivity contribution in [1.82, 2.24) is 10.4 Å². The quantitative estimate of drug-likeness (QED) is 0.0957. The molecule has 0 fully saturated rings. The highest BCUT2D eigenvalue weighted by Crippen LogP contribution is 2.14. The highest BCUT2D eigenvalue weighted by molar-refractivity contribution is 5.97. The zero-order chi connectivity index (χ0) is 31.2. The lowest BCUT2D eigenvalue weighted by Crippen LogP contribution is -2.45. The molecule has 0 aliphatic rings. The first kappa shape index (κ1) is 37.2. The SMILES string of the molecule is CCN(OCCOCCOCCOCCOCCN)C(=O)CCC(NC(=O)c1ccc(NC)cc1)C(=O)OC(C)(C)C. The molecule has 0 aromatic heterocycles. The van der Waals surface area contributed by atoms with Gasteiger partial charge in [-0.2, -0.15) is 0 Å². The van der Waals surface area contributed by atoms with Crippen LogP contribution >= 0.6 is 0 Å². The summed E-state index contributed by atoms with van der Waals surface area (Å²) < 4.78 is 27.0. The average molecular weight is 599 g/mol. The molecule has 13 nitrogen and oxygen atoms in total. The van der Waals surface area contributed by atoms with Crippen LogP contribution in [0.5, 0.6) is 0 Å². The fourth-order valence-corrected chi connectivity index (χ4v) is 3.44. The predicted molar refractivity (Wildman–Crippen MR) is 158 cm³/mol. The molecule has 0 bridgehead atoms. The van der Waals surface area contributed by atoms with E-state index in [0.717, 1.165) is 5.69 Å². The number of ether oxygens (including phenoxy) is 5. The summed E-state index contributed by atoms with van der Waals surface area (Å²) >= 11 is 0. The molecule has 13 heteroatoms. The zero-order valence-corrected chi connectivity index (χ0v) is 25.8. The van der Waals surface area contributed by atoms with Crippen molar-refractivity contribution in [3.8, 4) is 0 Å². The van der Waals surface area contributed by atoms with Gasteiger partial charge >= 0.3 is 5.97 Å². The number of esters is 1. The third-order valence-corrected chi connectivity index (χ3v) is 5.50. The van der Waals surface area contributed by atoms with E-state index < -0.39 is 23.5 Å². The van der Waals surface area contributed by atoms with Gasteiger partial charge in [-0.25, -0.2) is 9.86 Å². The third-order valence-electron chi connectivity index (χ3n) is 5.50. The fourth-order valence-electron chi connectivity index (χ4n) is 3.44. The smallest absolute Gasteiger partial charge is 0.329 e. The molecule has 4 N–H and O–H groups in total. The molecule has 0 saturated heterocycles. The molecule has 1 unspecified atom stereocenters. The summed E-state index contributed by atoms with van der Waals surface area (Å²) in [6.07, 6.45) is 0.0128. The van der Waals surface area contributed by atoms with E-state index in [0.29, 0.717) is 64.9 Å². The number of amides is 2. The molecule has 0 heterocycles. The van der Waals surface area contributed by atoms with Crippen LogP contribution in [0.1, 0.15) is 50.9 Å². The Morgan fingerprint density at radius 2 is 1.38 bits per heavy atom. The summed E-state index contributed by atoms with van der Waals surface area (Å²) in [4.78, 5) is 44.1. The second kappa shape index (κ2) is 21.8. The number of hydrogen-bond donors (Lipinski definition) is 3. The second-order valence-corrected chi connectivity index (χ2v) is 10.1. The monoisotopic (exact) mass is 598 g/mol. The van der Waals surface area contributed by atoms with Crippen molar-refractivity contribution in [3.63, 3.8) is 0 Å². The number of carbonyl (C=O) groups excluding carboxylic acids is 3. The van der Waals surface area contributed by atoms with Gasteiger partial charge in [0.15, 0.2) is 0 Å². The number of benzene rings is 1. The minimum Gasteiger partial charge on any atom is -0.458 e. The van der Waals surface area contributed by atoms with Gasteiger partial charge in [0.2, 0.25) is 5.91 Å². The molecule has 1 rings (SSSR count). The first-order valence-electron chi connectivity index (χ1n) is 14.4. The lowest BCUT2D eigenvalue weighted by Gasteiger charge is -2.25. The van der Waals surface area contributed by atoms with Crippen molar-refractivity contribution in [2.45, 2.75) is 52.2 Å². The van der Waals surface area contributed by atoms with Crippen LogP contribution in [0.3, 0.4) is 0 Å². The van der Waals surface area contributed by atoms with E-state index in [-0.39, 0.29) is 32.0 Å². The van der Waals surface area contributed by atoms with Gasteiger partial charge in [-0.3, -0.25) is 14.4 Å². The number of nitrogens with one attached hydrogen (secondary N) is 2. The first-order valence-corrected chi connectivity index (χ1v) is 14.4. The summed E-state index contributed by atoms with van der Waals surface area (Å²) in [7, 11) is 1.78. The van der Waals surface area contributed by atoms with Crippen LogP contribution in [-0.4, -0.2) is 114 Å². The van der Waals surface area contributed by atoms with Crippen LogP contribution in [0.25, 0.3) is 0 Å². The molecule has 240 valence electrons. The van der Waals surface area contributed by atoms with Crippen molar-refractivity contribution < 1.29 is 42.9 Å². The van der Waals surface area contributed by atoms with E-state index in [9.17, 15) is 14.4 Å². The van der Waals surface area contributed by atoms with E-state index in [1.165, 1.54) is 5.06 Å². The fraction of sp³-hybridized carbons (Fsp3) is 0.690. The largest absolute Gasteiger partial charge is 0.458 e. The standard InChI is InChI=1S/C29H50N4O9/c1-6-33(41-22-21-40-20-19-39-18-17-38-16-15-37-14-13-30)26(34)12-11-25(28(36)42-29(2,3)4)32-27(35)23-7-9-24(31-5)10-8-23/h7-10,25,31H,6,11-22,30H2,1-5H3,(H,32,35). The maximum Gasteiger partial charge on any atom is 0.329 e. The molecule has 1 aromatic carbocycles. The number of nitrogens with zero attached hydrogens (tertiary/aromatic N) is 1. The Kier molecular flexibility index (Phi) is 19.3. The number of rotatable bonds is 23. The Morgan fingerprint density at radius 1 is 0.857 bits per heavy atom. The molecule has 1 aromatic rings. The average Bonchev–Trinajstić information content (AvgIpc) is 2.96. The van der Waals surface area contributed by atoms with Gasteiger partial charge in [0.1, 0.15) is 11.6 Å². The number of hydrogen-bond acceptors (Lipinski definition) is 11. The molecule has 42 heavy (non-hydrogen) atoms. The molecule has 0 radical (unpaired) electrons. The van der Waals surface area contributed by atoms with Crippen LogP contribution in [0.4, 0.5) is 5.69 Å². The summed E-state index contributed by atoms with van der Waals surface area (Å²) in [6.45, 7) is 11.4. The molecule has 0 saturated carbocycles. The van der Waals surface area contributed by atoms with Gasteiger partial charge in [-0.05, 0) is 58.4 Å². The number of hydroxylamine groups is 2. The molecular formula is C29H50N4O9. The van der Waals surface area contributed by atoms with E-state index in [1.807, 2.05) is 0 Å². The highest BCUT2D eigenvalue weighted by atomic mass is 16.7. The van der Waals surface area contributed by atoms with E-state index in [1.54, 1.807) is 59.0 Å². The van der Waals surface area contributed by atoms with Crippen molar-refractivity contribution in [2.24, 2.45) is 5.73 Å². The third kappa shape index (κ3) is 17.2. The lowest BCUT2D eigenvalue weighted by atomic mass is 10.1. The summed E-state index contributed by atoms with van der Waals surface area (Å²) in [5, 5.41) is 6.91. The molecule has 0 aliphatic heterocycles. The Morgan fingerprint density at radius 3 is 1.86 bits per heavy atom. The molecule has 0 spiro atoms. The lowest BCUT2D eigenvalue weighted by molar-refractivity contribution is -0.190. The topological polar surface area (TPSA) is 160 Å². The van der Waals surface area contributed by atoms with Crippen molar-refractivity contribution in [2.75, 3.05) is 84.9 Å². The van der Waals surface area contributed by atoms with Gasteiger partial charge in [-0.15, -0.1) is 0 Å². The molecule has 0 aliphatic carbocycles. The van der Waals surface area contributed by atoms with Crippen molar-refractivity contribution in [3.05, 3.63) is 29.8 Å². The minimum atomic E-state index is -1.01. The van der Waals surface area contributed by atoms with Gasteiger partial charge < -0.3 is 40.1 Å². The van der Waals surface area contributed by atoms with Gasteiger partial charge in [0, 0.05) is 37.8 Å². The van der Waals surface area contributed by atoms with Crippen LogP contribution in [0.15, 0.2) is 24.3 Å². The van der Waals surface area contributed by atoms with Gasteiger partial charge in [0.05, 0.1) is 59.5 Å².